The van der Waals surface area contributed by atoms with Crippen molar-refractivity contribution in [1.82, 2.24) is 20.4 Å². The molecule has 1 aliphatic rings. The van der Waals surface area contributed by atoms with E-state index in [1.54, 1.807) is 24.3 Å². The van der Waals surface area contributed by atoms with Gasteiger partial charge in [-0.1, -0.05) is 48.5 Å². The highest BCUT2D eigenvalue weighted by Gasteiger charge is 2.22. The molecule has 1 aromatic heterocycles. The Hall–Kier alpha value is -3.03. The third kappa shape index (κ3) is 4.11. The number of hydrogen-bond acceptors (Lipinski definition) is 5. The van der Waals surface area contributed by atoms with Gasteiger partial charge in [0.25, 0.3) is 11.5 Å². The van der Waals surface area contributed by atoms with Crippen molar-refractivity contribution in [2.24, 2.45) is 0 Å². The second kappa shape index (κ2) is 8.33. The van der Waals surface area contributed by atoms with Crippen molar-refractivity contribution in [3.05, 3.63) is 76.2 Å². The van der Waals surface area contributed by atoms with Gasteiger partial charge in [0.2, 0.25) is 0 Å². The van der Waals surface area contributed by atoms with Crippen molar-refractivity contribution >= 4 is 16.7 Å². The molecule has 28 heavy (non-hydrogen) atoms. The summed E-state index contributed by atoms with van der Waals surface area (Å²) in [5.74, 6) is -0.323. The lowest BCUT2D eigenvalue weighted by Crippen LogP contribution is -2.47. The summed E-state index contributed by atoms with van der Waals surface area (Å²) >= 11 is 0. The van der Waals surface area contributed by atoms with Gasteiger partial charge >= 0.3 is 0 Å². The molecule has 7 heteroatoms. The fourth-order valence-electron chi connectivity index (χ4n) is 3.47. The van der Waals surface area contributed by atoms with Crippen molar-refractivity contribution in [2.45, 2.75) is 12.6 Å². The van der Waals surface area contributed by atoms with Crippen LogP contribution >= 0.6 is 0 Å². The Morgan fingerprint density at radius 3 is 2.71 bits per heavy atom. The van der Waals surface area contributed by atoms with Crippen LogP contribution in [0.2, 0.25) is 0 Å². The van der Waals surface area contributed by atoms with Crippen molar-refractivity contribution in [1.29, 1.82) is 0 Å². The van der Waals surface area contributed by atoms with E-state index in [-0.39, 0.29) is 23.3 Å². The number of ether oxygens (including phenoxy) is 1. The zero-order chi connectivity index (χ0) is 19.3. The Kier molecular flexibility index (Phi) is 5.45. The highest BCUT2D eigenvalue weighted by Crippen LogP contribution is 2.13. The molecular formula is C21H22N4O3. The fourth-order valence-corrected chi connectivity index (χ4v) is 3.47. The molecule has 0 bridgehead atoms. The summed E-state index contributed by atoms with van der Waals surface area (Å²) in [6.45, 7) is 3.49. The van der Waals surface area contributed by atoms with E-state index in [1.807, 2.05) is 18.2 Å². The summed E-state index contributed by atoms with van der Waals surface area (Å²) in [7, 11) is 0. The highest BCUT2D eigenvalue weighted by molar-refractivity contribution is 6.04. The lowest BCUT2D eigenvalue weighted by atomic mass is 10.1. The number of nitrogens with one attached hydrogen (secondary N) is 2. The van der Waals surface area contributed by atoms with Crippen molar-refractivity contribution in [3.63, 3.8) is 0 Å². The molecule has 2 N–H and O–H groups in total. The average Bonchev–Trinajstić information content (AvgIpc) is 2.73. The van der Waals surface area contributed by atoms with Crippen LogP contribution in [-0.4, -0.2) is 53.3 Å². The topological polar surface area (TPSA) is 87.3 Å². The van der Waals surface area contributed by atoms with Crippen LogP contribution in [0.15, 0.2) is 59.4 Å². The SMILES string of the molecule is O=C(NC[C@H]1CN(Cc2ccccc2)CCO1)c1n[nH]c(=O)c2ccccc12. The van der Waals surface area contributed by atoms with Crippen LogP contribution in [0.25, 0.3) is 10.8 Å². The number of rotatable bonds is 5. The molecule has 1 atom stereocenters. The largest absolute Gasteiger partial charge is 0.374 e. The average molecular weight is 378 g/mol. The van der Waals surface area contributed by atoms with Gasteiger partial charge in [-0.15, -0.1) is 0 Å². The Morgan fingerprint density at radius 2 is 1.89 bits per heavy atom. The summed E-state index contributed by atoms with van der Waals surface area (Å²) in [5, 5.41) is 10.2. The van der Waals surface area contributed by atoms with E-state index in [4.69, 9.17) is 4.74 Å². The summed E-state index contributed by atoms with van der Waals surface area (Å²) in [5.41, 5.74) is 1.17. The maximum Gasteiger partial charge on any atom is 0.272 e. The van der Waals surface area contributed by atoms with Gasteiger partial charge in [0.05, 0.1) is 18.1 Å². The van der Waals surface area contributed by atoms with Crippen molar-refractivity contribution < 1.29 is 9.53 Å². The predicted octanol–water partition coefficient (Wildman–Crippen LogP) is 1.55. The Balaban J connectivity index is 1.38. The number of fused-ring (bicyclic) bond motifs is 1. The number of amides is 1. The smallest absolute Gasteiger partial charge is 0.272 e. The van der Waals surface area contributed by atoms with E-state index < -0.39 is 0 Å². The first-order valence-corrected chi connectivity index (χ1v) is 9.34. The van der Waals surface area contributed by atoms with Gasteiger partial charge in [-0.05, 0) is 11.6 Å². The summed E-state index contributed by atoms with van der Waals surface area (Å²) in [4.78, 5) is 26.8. The van der Waals surface area contributed by atoms with E-state index in [0.717, 1.165) is 19.6 Å². The first-order chi connectivity index (χ1) is 13.7. The van der Waals surface area contributed by atoms with Gasteiger partial charge < -0.3 is 10.1 Å². The molecule has 2 heterocycles. The van der Waals surface area contributed by atoms with E-state index in [2.05, 4.69) is 32.5 Å². The molecule has 2 aromatic carbocycles. The van der Waals surface area contributed by atoms with Gasteiger partial charge in [0.1, 0.15) is 0 Å². The molecule has 0 radical (unpaired) electrons. The maximum atomic E-state index is 12.6. The van der Waals surface area contributed by atoms with Gasteiger partial charge in [0.15, 0.2) is 5.69 Å². The number of carbonyl (C=O) groups excluding carboxylic acids is 1. The summed E-state index contributed by atoms with van der Waals surface area (Å²) in [6, 6.07) is 17.3. The lowest BCUT2D eigenvalue weighted by molar-refractivity contribution is -0.0292. The number of aromatic nitrogens is 2. The molecule has 0 saturated carbocycles. The number of aromatic amines is 1. The van der Waals surface area contributed by atoms with E-state index in [9.17, 15) is 9.59 Å². The summed E-state index contributed by atoms with van der Waals surface area (Å²) < 4.78 is 5.80. The Morgan fingerprint density at radius 1 is 1.14 bits per heavy atom. The normalized spacial score (nSPS) is 17.5. The Bertz CT molecular complexity index is 1020. The molecule has 1 amide bonds. The van der Waals surface area contributed by atoms with Crippen LogP contribution < -0.4 is 10.9 Å². The number of hydrogen-bond donors (Lipinski definition) is 2. The maximum absolute atomic E-state index is 12.6. The van der Waals surface area contributed by atoms with Crippen LogP contribution in [0, 0.1) is 0 Å². The van der Waals surface area contributed by atoms with E-state index >= 15 is 0 Å². The van der Waals surface area contributed by atoms with E-state index in [0.29, 0.717) is 23.9 Å². The minimum absolute atomic E-state index is 0.0876. The molecule has 4 rings (SSSR count). The minimum Gasteiger partial charge on any atom is -0.374 e. The molecule has 3 aromatic rings. The van der Waals surface area contributed by atoms with Crippen molar-refractivity contribution in [3.8, 4) is 0 Å². The summed E-state index contributed by atoms with van der Waals surface area (Å²) in [6.07, 6.45) is -0.0876. The zero-order valence-corrected chi connectivity index (χ0v) is 15.4. The molecule has 1 saturated heterocycles. The minimum atomic E-state index is -0.323. The number of benzene rings is 2. The molecule has 0 spiro atoms. The van der Waals surface area contributed by atoms with Crippen molar-refractivity contribution in [2.75, 3.05) is 26.2 Å². The number of H-pyrrole nitrogens is 1. The van der Waals surface area contributed by atoms with Crippen LogP contribution in [0.4, 0.5) is 0 Å². The van der Waals surface area contributed by atoms with Crippen LogP contribution in [-0.2, 0) is 11.3 Å². The zero-order valence-electron chi connectivity index (χ0n) is 15.4. The number of morpholine rings is 1. The molecule has 0 unspecified atom stereocenters. The first-order valence-electron chi connectivity index (χ1n) is 9.34. The van der Waals surface area contributed by atoms with Crippen LogP contribution in [0.1, 0.15) is 16.1 Å². The highest BCUT2D eigenvalue weighted by atomic mass is 16.5. The predicted molar refractivity (Wildman–Crippen MR) is 106 cm³/mol. The fraction of sp³-hybridized carbons (Fsp3) is 0.286. The van der Waals surface area contributed by atoms with E-state index in [1.165, 1.54) is 5.56 Å². The third-order valence-electron chi connectivity index (χ3n) is 4.87. The molecule has 0 aliphatic carbocycles. The number of carbonyl (C=O) groups is 1. The second-order valence-electron chi connectivity index (χ2n) is 6.87. The molecule has 1 aliphatic heterocycles. The first kappa shape index (κ1) is 18.3. The molecule has 7 nitrogen and oxygen atoms in total. The van der Waals surface area contributed by atoms with Gasteiger partial charge in [-0.3, -0.25) is 14.5 Å². The molecular weight excluding hydrogens is 356 g/mol. The van der Waals surface area contributed by atoms with Crippen LogP contribution in [0.5, 0.6) is 0 Å². The number of nitrogens with zero attached hydrogens (tertiary/aromatic N) is 2. The lowest BCUT2D eigenvalue weighted by Gasteiger charge is -2.33. The third-order valence-corrected chi connectivity index (χ3v) is 4.87. The van der Waals surface area contributed by atoms with Crippen LogP contribution in [0.3, 0.4) is 0 Å². The monoisotopic (exact) mass is 378 g/mol. The molecule has 144 valence electrons. The quantitative estimate of drug-likeness (QED) is 0.704. The van der Waals surface area contributed by atoms with Gasteiger partial charge in [-0.25, -0.2) is 5.10 Å². The van der Waals surface area contributed by atoms with Gasteiger partial charge in [-0.2, -0.15) is 5.10 Å². The second-order valence-corrected chi connectivity index (χ2v) is 6.87. The standard InChI is InChI=1S/C21H22N4O3/c26-20-18-9-5-4-8-17(18)19(23-24-20)21(27)22-12-16-14-25(10-11-28-16)13-15-6-2-1-3-7-15/h1-9,16H,10-14H2,(H,22,27)(H,24,26)/t16-/m0/s1. The van der Waals surface area contributed by atoms with Gasteiger partial charge in [0, 0.05) is 31.6 Å². The molecule has 1 fully saturated rings. The Labute approximate surface area is 162 Å².